The fourth-order valence-electron chi connectivity index (χ4n) is 10.9. The first-order valence-electron chi connectivity index (χ1n) is 24.3. The Hall–Kier alpha value is -6.07. The highest BCUT2D eigenvalue weighted by Crippen LogP contribution is 2.48. The number of nitrogens with one attached hydrogen (secondary N) is 2. The Balaban J connectivity index is 1.14. The molecule has 5 N–H and O–H groups in total. The Bertz CT molecular complexity index is 2910. The molecule has 3 aliphatic heterocycles. The van der Waals surface area contributed by atoms with E-state index in [2.05, 4.69) is 59.3 Å². The van der Waals surface area contributed by atoms with Crippen LogP contribution in [-0.4, -0.2) is 98.2 Å². The molecule has 0 unspecified atom stereocenters. The number of phenols is 1. The smallest absolute Gasteiger partial charge is 0.333 e. The summed E-state index contributed by atoms with van der Waals surface area (Å²) in [6.45, 7) is 13.0. The first-order chi connectivity index (χ1) is 33.4. The number of carbonyl (C=O) groups excluding carboxylic acids is 4. The highest BCUT2D eigenvalue weighted by Gasteiger charge is 2.52. The van der Waals surface area contributed by atoms with Crippen molar-refractivity contribution in [2.75, 3.05) is 27.3 Å². The second-order valence-electron chi connectivity index (χ2n) is 20.4. The lowest BCUT2D eigenvalue weighted by molar-refractivity contribution is -0.160. The van der Waals surface area contributed by atoms with E-state index in [1.807, 2.05) is 50.4 Å². The monoisotopic (exact) mass is 968 g/mol. The Morgan fingerprint density at radius 2 is 1.81 bits per heavy atom. The Labute approximate surface area is 413 Å². The molecule has 6 bridgehead atoms. The average molecular weight is 969 g/mol. The van der Waals surface area contributed by atoms with Gasteiger partial charge in [0.05, 0.1) is 30.0 Å². The van der Waals surface area contributed by atoms with E-state index in [0.29, 0.717) is 37.8 Å². The summed E-state index contributed by atoms with van der Waals surface area (Å²) in [5, 5.41) is 18.8. The van der Waals surface area contributed by atoms with Crippen LogP contribution in [0.4, 0.5) is 0 Å². The predicted octanol–water partition coefficient (Wildman–Crippen LogP) is 7.16. The van der Waals surface area contributed by atoms with Gasteiger partial charge in [-0.3, -0.25) is 29.4 Å². The summed E-state index contributed by atoms with van der Waals surface area (Å²) in [6.07, 6.45) is 4.91. The van der Waals surface area contributed by atoms with E-state index in [4.69, 9.17) is 20.2 Å². The number of hydrogen-bond acceptors (Lipinski definition) is 12. The molecule has 16 heteroatoms. The van der Waals surface area contributed by atoms with Crippen molar-refractivity contribution in [1.29, 1.82) is 0 Å². The molecule has 9 rings (SSSR count). The summed E-state index contributed by atoms with van der Waals surface area (Å²) in [6, 6.07) is 16.5. The van der Waals surface area contributed by atoms with Crippen molar-refractivity contribution in [3.63, 3.8) is 0 Å². The molecule has 1 fully saturated rings. The van der Waals surface area contributed by atoms with Gasteiger partial charge in [0, 0.05) is 91.0 Å². The van der Waals surface area contributed by atoms with E-state index in [9.17, 15) is 19.5 Å². The minimum atomic E-state index is -1.33. The number of cyclic esters (lactones) is 1. The van der Waals surface area contributed by atoms with Crippen LogP contribution >= 0.6 is 11.8 Å². The van der Waals surface area contributed by atoms with Crippen LogP contribution in [0.15, 0.2) is 83.4 Å². The summed E-state index contributed by atoms with van der Waals surface area (Å²) >= 11 is 1.43. The molecule has 0 radical (unpaired) electrons. The van der Waals surface area contributed by atoms with Crippen molar-refractivity contribution < 1.29 is 33.8 Å². The molecule has 2 aromatic carbocycles. The predicted molar refractivity (Wildman–Crippen MR) is 270 cm³/mol. The van der Waals surface area contributed by atoms with Crippen LogP contribution in [-0.2, 0) is 54.5 Å². The number of pyridine rings is 2. The number of ether oxygens (including phenoxy) is 2. The summed E-state index contributed by atoms with van der Waals surface area (Å²) < 4.78 is 14.5. The van der Waals surface area contributed by atoms with Gasteiger partial charge in [0.15, 0.2) is 5.54 Å². The third-order valence-electron chi connectivity index (χ3n) is 14.6. The number of aryl methyl sites for hydroxylation is 1. The number of rotatable bonds is 10. The average Bonchev–Trinajstić information content (AvgIpc) is 4.10. The van der Waals surface area contributed by atoms with Gasteiger partial charge in [0.25, 0.3) is 5.91 Å². The molecule has 1 aliphatic carbocycles. The van der Waals surface area contributed by atoms with Gasteiger partial charge in [-0.15, -0.1) is 0 Å². The molecule has 3 aromatic heterocycles. The third kappa shape index (κ3) is 9.10. The van der Waals surface area contributed by atoms with Gasteiger partial charge in [-0.25, -0.2) is 10.2 Å². The Morgan fingerprint density at radius 3 is 2.53 bits per heavy atom. The maximum absolute atomic E-state index is 15.1. The van der Waals surface area contributed by atoms with Crippen LogP contribution in [0.5, 0.6) is 5.75 Å². The number of amides is 3. The summed E-state index contributed by atoms with van der Waals surface area (Å²) in [5.41, 5.74) is 16.6. The summed E-state index contributed by atoms with van der Waals surface area (Å²) in [7, 11) is 3.28. The molecule has 6 heterocycles. The number of hydrazine groups is 1. The zero-order valence-electron chi connectivity index (χ0n) is 41.2. The number of aromatic hydroxyl groups is 1. The van der Waals surface area contributed by atoms with Gasteiger partial charge in [-0.05, 0) is 115 Å². The molecular weight excluding hydrogens is 905 g/mol. The van der Waals surface area contributed by atoms with Gasteiger partial charge < -0.3 is 35.1 Å². The largest absolute Gasteiger partial charge is 0.508 e. The maximum Gasteiger partial charge on any atom is 0.333 e. The van der Waals surface area contributed by atoms with Crippen molar-refractivity contribution in [2.45, 2.75) is 110 Å². The number of hydrogen-bond donors (Lipinski definition) is 4. The normalized spacial score (nSPS) is 23.0. The van der Waals surface area contributed by atoms with E-state index in [-0.39, 0.29) is 43.3 Å². The van der Waals surface area contributed by atoms with Gasteiger partial charge in [-0.1, -0.05) is 57.7 Å². The molecular formula is C54H64N8O7S. The standard InChI is InChI=1S/C54H64N8O7S/c1-9-61-43-16-15-33-25-38(43)40(48(61)37-14-11-19-57-46(37)31(4)68-8)27-53(5,6)29-69-52(67)54(44-28-70-44)17-12-20-62(59-54)51(66)42(23-32-21-34(33)24-35(63)22-32)58-49(64)47(30(2)3)60(7)50(65)39-26-41-36(45(39)55)13-10-18-56-41/h10-11,13-16,18-19,21-22,24-25,28,30-31,39,42,45,47,59,63H,9,12,17,20,23,26-27,29,55H2,1-8H3,(H,58,64)/t31-,39-,42-,45+,47-,54-/m0/s1. The fourth-order valence-corrected chi connectivity index (χ4v) is 11.6. The minimum absolute atomic E-state index is 0.00872. The van der Waals surface area contributed by atoms with Crippen molar-refractivity contribution >= 4 is 46.4 Å². The van der Waals surface area contributed by atoms with E-state index >= 15 is 4.79 Å². The van der Waals surface area contributed by atoms with Gasteiger partial charge in [-0.2, -0.15) is 0 Å². The van der Waals surface area contributed by atoms with Crippen LogP contribution in [0.25, 0.3) is 33.3 Å². The lowest BCUT2D eigenvalue weighted by Crippen LogP contribution is -2.67. The second kappa shape index (κ2) is 19.3. The number of methoxy groups -OCH3 is 1. The van der Waals surface area contributed by atoms with Crippen LogP contribution in [0.1, 0.15) is 94.6 Å². The van der Waals surface area contributed by atoms with Crippen LogP contribution < -0.4 is 16.5 Å². The van der Waals surface area contributed by atoms with E-state index < -0.39 is 52.8 Å². The number of phenolic OH excluding ortho intramolecular Hbond substituents is 1. The van der Waals surface area contributed by atoms with Gasteiger partial charge in [0.1, 0.15) is 17.8 Å². The molecule has 0 saturated carbocycles. The second-order valence-corrected chi connectivity index (χ2v) is 21.3. The SMILES string of the molecule is CCn1c(-c2cccnc2[C@H](C)OC)c2c3cc(ccc31)-c1cc(O)cc(c1)C[C@H](NC(=O)[C@H](C(C)C)N(C)C(=O)[C@H]1Cc3ncccc3[C@H]1N)C(=O)N1CCC[C@@](C3=CS3)(N1)C(=O)OCC(C)(C)C2. The van der Waals surface area contributed by atoms with Crippen molar-refractivity contribution in [3.05, 3.63) is 111 Å². The van der Waals surface area contributed by atoms with E-state index in [0.717, 1.165) is 60.7 Å². The summed E-state index contributed by atoms with van der Waals surface area (Å²) in [4.78, 5) is 70.4. The fraction of sp³-hybridized carbons (Fsp3) is 0.444. The van der Waals surface area contributed by atoms with E-state index in [1.54, 1.807) is 44.8 Å². The third-order valence-corrected chi connectivity index (χ3v) is 15.4. The van der Waals surface area contributed by atoms with Crippen molar-refractivity contribution in [3.8, 4) is 28.1 Å². The minimum Gasteiger partial charge on any atom is -0.508 e. The molecule has 1 saturated heterocycles. The van der Waals surface area contributed by atoms with Crippen LogP contribution in [0, 0.1) is 17.3 Å². The lowest BCUT2D eigenvalue weighted by atomic mass is 9.83. The number of thioether (sulfide) groups is 1. The number of carbonyl (C=O) groups is 4. The molecule has 368 valence electrons. The highest BCUT2D eigenvalue weighted by atomic mass is 32.2. The number of likely N-dealkylation sites (N-methyl/N-ethyl adjacent to an activating group) is 1. The van der Waals surface area contributed by atoms with Crippen molar-refractivity contribution in [2.24, 2.45) is 23.0 Å². The Kier molecular flexibility index (Phi) is 13.5. The first-order valence-corrected chi connectivity index (χ1v) is 25.2. The first kappa shape index (κ1) is 48.9. The molecule has 6 atom stereocenters. The zero-order valence-corrected chi connectivity index (χ0v) is 42.1. The Morgan fingerprint density at radius 1 is 1.06 bits per heavy atom. The number of aromatic nitrogens is 3. The number of esters is 1. The quantitative estimate of drug-likeness (QED) is 0.103. The zero-order chi connectivity index (χ0) is 49.8. The number of nitrogens with zero attached hydrogens (tertiary/aromatic N) is 5. The molecule has 5 aromatic rings. The highest BCUT2D eigenvalue weighted by molar-refractivity contribution is 8.12. The molecule has 3 amide bonds. The van der Waals surface area contributed by atoms with Crippen LogP contribution in [0.2, 0.25) is 0 Å². The molecule has 4 aliphatic rings. The molecule has 0 spiro atoms. The van der Waals surface area contributed by atoms with Crippen LogP contribution in [0.3, 0.4) is 0 Å². The maximum atomic E-state index is 15.1. The van der Waals surface area contributed by atoms with Gasteiger partial charge in [0.2, 0.25) is 11.8 Å². The van der Waals surface area contributed by atoms with E-state index in [1.165, 1.54) is 21.7 Å². The summed E-state index contributed by atoms with van der Waals surface area (Å²) in [5.74, 6) is -2.76. The number of benzene rings is 2. The molecule has 70 heavy (non-hydrogen) atoms. The number of nitrogens with two attached hydrogens (primary N) is 1. The topological polar surface area (TPSA) is 194 Å². The lowest BCUT2D eigenvalue weighted by Gasteiger charge is -2.42. The number of fused-ring (bicyclic) bond motifs is 7. The molecule has 15 nitrogen and oxygen atoms in total. The van der Waals surface area contributed by atoms with Gasteiger partial charge >= 0.3 is 5.97 Å². The van der Waals surface area contributed by atoms with Crippen molar-refractivity contribution in [1.82, 2.24) is 35.2 Å².